The number of nitrogens with one attached hydrogen (secondary N) is 1. The molecule has 108 valence electrons. The lowest BCUT2D eigenvalue weighted by Gasteiger charge is -2.11. The van der Waals surface area contributed by atoms with Crippen LogP contribution in [0, 0.1) is 5.92 Å². The summed E-state index contributed by atoms with van der Waals surface area (Å²) in [6, 6.07) is 3.21. The van der Waals surface area contributed by atoms with Gasteiger partial charge in [-0.25, -0.2) is 0 Å². The molecule has 2 unspecified atom stereocenters. The van der Waals surface area contributed by atoms with Crippen molar-refractivity contribution in [1.82, 2.24) is 5.32 Å². The van der Waals surface area contributed by atoms with Crippen molar-refractivity contribution in [3.63, 3.8) is 0 Å². The average molecular weight is 298 g/mol. The van der Waals surface area contributed by atoms with Gasteiger partial charge in [0.1, 0.15) is 0 Å². The largest absolute Gasteiger partial charge is 0.454 e. The summed E-state index contributed by atoms with van der Waals surface area (Å²) in [5.41, 5.74) is 0.456. The van der Waals surface area contributed by atoms with Crippen LogP contribution in [0.3, 0.4) is 0 Å². The van der Waals surface area contributed by atoms with Gasteiger partial charge < -0.3 is 19.9 Å². The number of halogens is 1. The summed E-state index contributed by atoms with van der Waals surface area (Å²) in [7, 11) is 0. The van der Waals surface area contributed by atoms with Crippen molar-refractivity contribution in [3.8, 4) is 11.5 Å². The van der Waals surface area contributed by atoms with E-state index in [4.69, 9.17) is 21.1 Å². The standard InChI is InChI=1S/C14H16ClNO4/c15-11-4-9(5-12-13(11)20-7-19-12)14(18)16-6-8-1-2-10(17)3-8/h4-5,8,10,17H,1-3,6-7H2,(H,16,18). The van der Waals surface area contributed by atoms with Crippen LogP contribution < -0.4 is 14.8 Å². The molecule has 1 aliphatic carbocycles. The van der Waals surface area contributed by atoms with E-state index in [-0.39, 0.29) is 18.8 Å². The van der Waals surface area contributed by atoms with Crippen molar-refractivity contribution in [2.45, 2.75) is 25.4 Å². The van der Waals surface area contributed by atoms with Crippen LogP contribution in [0.25, 0.3) is 0 Å². The molecule has 1 amide bonds. The first-order chi connectivity index (χ1) is 9.63. The van der Waals surface area contributed by atoms with Gasteiger partial charge in [0.05, 0.1) is 11.1 Å². The Kier molecular flexibility index (Phi) is 3.72. The number of rotatable bonds is 3. The quantitative estimate of drug-likeness (QED) is 0.895. The molecule has 1 fully saturated rings. The Balaban J connectivity index is 1.64. The van der Waals surface area contributed by atoms with Gasteiger partial charge in [0.25, 0.3) is 5.91 Å². The number of carbonyl (C=O) groups excluding carboxylic acids is 1. The fourth-order valence-electron chi connectivity index (χ4n) is 2.67. The molecule has 20 heavy (non-hydrogen) atoms. The second kappa shape index (κ2) is 5.50. The molecule has 2 atom stereocenters. The topological polar surface area (TPSA) is 67.8 Å². The van der Waals surface area contributed by atoms with Crippen LogP contribution in [0.5, 0.6) is 11.5 Å². The zero-order valence-corrected chi connectivity index (χ0v) is 11.7. The van der Waals surface area contributed by atoms with Crippen LogP contribution in [0.4, 0.5) is 0 Å². The Morgan fingerprint density at radius 2 is 2.25 bits per heavy atom. The third kappa shape index (κ3) is 2.69. The summed E-state index contributed by atoms with van der Waals surface area (Å²) < 4.78 is 10.4. The van der Waals surface area contributed by atoms with E-state index < -0.39 is 0 Å². The van der Waals surface area contributed by atoms with Crippen molar-refractivity contribution >= 4 is 17.5 Å². The van der Waals surface area contributed by atoms with Crippen molar-refractivity contribution in [1.29, 1.82) is 0 Å². The first kappa shape index (κ1) is 13.5. The number of aliphatic hydroxyl groups excluding tert-OH is 1. The van der Waals surface area contributed by atoms with E-state index >= 15 is 0 Å². The lowest BCUT2D eigenvalue weighted by atomic mass is 10.1. The smallest absolute Gasteiger partial charge is 0.251 e. The van der Waals surface area contributed by atoms with Crippen molar-refractivity contribution < 1.29 is 19.4 Å². The van der Waals surface area contributed by atoms with E-state index in [0.29, 0.717) is 34.5 Å². The number of ether oxygens (including phenoxy) is 2. The molecule has 1 saturated carbocycles. The maximum absolute atomic E-state index is 12.1. The highest BCUT2D eigenvalue weighted by molar-refractivity contribution is 6.32. The zero-order valence-electron chi connectivity index (χ0n) is 10.9. The van der Waals surface area contributed by atoms with E-state index in [1.165, 1.54) is 0 Å². The molecule has 2 N–H and O–H groups in total. The highest BCUT2D eigenvalue weighted by Crippen LogP contribution is 2.39. The Morgan fingerprint density at radius 3 is 3.00 bits per heavy atom. The molecule has 0 radical (unpaired) electrons. The van der Waals surface area contributed by atoms with Crippen molar-refractivity contribution in [2.75, 3.05) is 13.3 Å². The maximum Gasteiger partial charge on any atom is 0.251 e. The molecule has 2 aliphatic rings. The summed E-state index contributed by atoms with van der Waals surface area (Å²) >= 11 is 6.05. The van der Waals surface area contributed by atoms with Gasteiger partial charge in [-0.3, -0.25) is 4.79 Å². The SMILES string of the molecule is O=C(NCC1CCC(O)C1)c1cc(Cl)c2c(c1)OCO2. The maximum atomic E-state index is 12.1. The Morgan fingerprint density at radius 1 is 1.40 bits per heavy atom. The van der Waals surface area contributed by atoms with Gasteiger partial charge in [-0.1, -0.05) is 11.6 Å². The highest BCUT2D eigenvalue weighted by atomic mass is 35.5. The van der Waals surface area contributed by atoms with Crippen LogP contribution in [0.1, 0.15) is 29.6 Å². The molecular formula is C14H16ClNO4. The molecule has 3 rings (SSSR count). The molecule has 0 aromatic heterocycles. The Bertz CT molecular complexity index is 534. The van der Waals surface area contributed by atoms with Crippen LogP contribution in [0.15, 0.2) is 12.1 Å². The second-order valence-electron chi connectivity index (χ2n) is 5.23. The van der Waals surface area contributed by atoms with Gasteiger partial charge in [0.15, 0.2) is 11.5 Å². The lowest BCUT2D eigenvalue weighted by Crippen LogP contribution is -2.28. The first-order valence-electron chi connectivity index (χ1n) is 6.69. The predicted octanol–water partition coefficient (Wildman–Crippen LogP) is 1.96. The minimum absolute atomic E-state index is 0.125. The fraction of sp³-hybridized carbons (Fsp3) is 0.500. The molecule has 1 aromatic rings. The number of carbonyl (C=O) groups is 1. The van der Waals surface area contributed by atoms with E-state index in [1.54, 1.807) is 12.1 Å². The van der Waals surface area contributed by atoms with Crippen molar-refractivity contribution in [3.05, 3.63) is 22.7 Å². The van der Waals surface area contributed by atoms with E-state index in [2.05, 4.69) is 5.32 Å². The molecule has 1 aromatic carbocycles. The van der Waals surface area contributed by atoms with Gasteiger partial charge in [0, 0.05) is 12.1 Å². The monoisotopic (exact) mass is 297 g/mol. The number of hydrogen-bond donors (Lipinski definition) is 2. The predicted molar refractivity (Wildman–Crippen MR) is 73.3 cm³/mol. The molecule has 6 heteroatoms. The molecule has 1 aliphatic heterocycles. The zero-order chi connectivity index (χ0) is 14.1. The molecule has 0 spiro atoms. The van der Waals surface area contributed by atoms with Crippen LogP contribution in [-0.2, 0) is 0 Å². The summed E-state index contributed by atoms with van der Waals surface area (Å²) in [5, 5.41) is 12.7. The van der Waals surface area contributed by atoms with Gasteiger partial charge in [-0.2, -0.15) is 0 Å². The van der Waals surface area contributed by atoms with Crippen LogP contribution >= 0.6 is 11.6 Å². The lowest BCUT2D eigenvalue weighted by molar-refractivity contribution is 0.0944. The minimum Gasteiger partial charge on any atom is -0.454 e. The van der Waals surface area contributed by atoms with Crippen LogP contribution in [-0.4, -0.2) is 30.5 Å². The number of aliphatic hydroxyl groups is 1. The number of fused-ring (bicyclic) bond motifs is 1. The van der Waals surface area contributed by atoms with Gasteiger partial charge in [-0.05, 0) is 37.3 Å². The molecule has 1 heterocycles. The number of benzene rings is 1. The molecule has 0 bridgehead atoms. The Labute approximate surface area is 121 Å². The second-order valence-corrected chi connectivity index (χ2v) is 5.64. The number of hydrogen-bond acceptors (Lipinski definition) is 4. The van der Waals surface area contributed by atoms with Crippen molar-refractivity contribution in [2.24, 2.45) is 5.92 Å². The summed E-state index contributed by atoms with van der Waals surface area (Å²) in [6.45, 7) is 0.696. The third-order valence-corrected chi connectivity index (χ3v) is 4.04. The average Bonchev–Trinajstić information content (AvgIpc) is 3.04. The summed E-state index contributed by atoms with van der Waals surface area (Å²) in [5.74, 6) is 1.14. The normalized spacial score (nSPS) is 23.9. The third-order valence-electron chi connectivity index (χ3n) is 3.75. The van der Waals surface area contributed by atoms with Gasteiger partial charge in [-0.15, -0.1) is 0 Å². The summed E-state index contributed by atoms with van der Waals surface area (Å²) in [6.07, 6.45) is 2.29. The highest BCUT2D eigenvalue weighted by Gasteiger charge is 2.24. The van der Waals surface area contributed by atoms with E-state index in [0.717, 1.165) is 19.3 Å². The molecule has 5 nitrogen and oxygen atoms in total. The summed E-state index contributed by atoms with van der Waals surface area (Å²) in [4.78, 5) is 12.1. The first-order valence-corrected chi connectivity index (χ1v) is 7.06. The number of amides is 1. The van der Waals surface area contributed by atoms with E-state index in [1.807, 2.05) is 0 Å². The van der Waals surface area contributed by atoms with E-state index in [9.17, 15) is 9.90 Å². The molecular weight excluding hydrogens is 282 g/mol. The fourth-order valence-corrected chi connectivity index (χ4v) is 2.94. The van der Waals surface area contributed by atoms with Gasteiger partial charge in [0.2, 0.25) is 6.79 Å². The van der Waals surface area contributed by atoms with Crippen LogP contribution in [0.2, 0.25) is 5.02 Å². The molecule has 0 saturated heterocycles. The minimum atomic E-state index is -0.225. The Hall–Kier alpha value is -1.46. The van der Waals surface area contributed by atoms with Gasteiger partial charge >= 0.3 is 0 Å².